The lowest BCUT2D eigenvalue weighted by molar-refractivity contribution is 0.999. The fourth-order valence-corrected chi connectivity index (χ4v) is 7.04. The van der Waals surface area contributed by atoms with Gasteiger partial charge >= 0.3 is 0 Å². The van der Waals surface area contributed by atoms with E-state index < -0.39 is 0 Å². The third-order valence-corrected chi connectivity index (χ3v) is 9.19. The van der Waals surface area contributed by atoms with Gasteiger partial charge in [0.15, 0.2) is 5.65 Å². The molecule has 0 radical (unpaired) electrons. The predicted molar refractivity (Wildman–Crippen MR) is 195 cm³/mol. The highest BCUT2D eigenvalue weighted by Gasteiger charge is 2.21. The molecule has 4 heterocycles. The monoisotopic (exact) mass is 614 g/mol. The molecule has 10 rings (SSSR count). The highest BCUT2D eigenvalue weighted by atomic mass is 15.2. The van der Waals surface area contributed by atoms with Crippen LogP contribution in [0.15, 0.2) is 158 Å². The van der Waals surface area contributed by atoms with Gasteiger partial charge in [0.2, 0.25) is 5.95 Å². The standard InChI is InChI=1S/C42H26N6/c1-4-14-27(15-5-1)34-26-43-40-39(28-16-6-2-7-17-28)45-42(46-41(40)44-34)48-36-23-13-11-21-31(36)33-24-37-32(25-38(33)48)30-20-10-12-22-35(30)47(37)29-18-8-3-9-19-29/h1-26H. The smallest absolute Gasteiger partial charge is 0.237 e. The fraction of sp³-hybridized carbons (Fsp3) is 0. The van der Waals surface area contributed by atoms with Crippen LogP contribution in [0.2, 0.25) is 0 Å². The van der Waals surface area contributed by atoms with Gasteiger partial charge in [0, 0.05) is 38.4 Å². The van der Waals surface area contributed by atoms with E-state index in [1.54, 1.807) is 0 Å². The molecule has 0 unspecified atom stereocenters. The minimum absolute atomic E-state index is 0.549. The molecule has 0 saturated heterocycles. The largest absolute Gasteiger partial charge is 0.309 e. The van der Waals surface area contributed by atoms with Gasteiger partial charge in [0.1, 0.15) is 11.2 Å². The van der Waals surface area contributed by atoms with Crippen molar-refractivity contribution >= 4 is 54.8 Å². The average molecular weight is 615 g/mol. The first-order valence-corrected chi connectivity index (χ1v) is 16.0. The zero-order valence-corrected chi connectivity index (χ0v) is 25.7. The zero-order chi connectivity index (χ0) is 31.6. The maximum absolute atomic E-state index is 5.26. The lowest BCUT2D eigenvalue weighted by Crippen LogP contribution is -2.05. The van der Waals surface area contributed by atoms with Crippen LogP contribution in [0.1, 0.15) is 0 Å². The van der Waals surface area contributed by atoms with Gasteiger partial charge in [-0.05, 0) is 36.4 Å². The number of aromatic nitrogens is 6. The van der Waals surface area contributed by atoms with E-state index in [1.165, 1.54) is 16.3 Å². The van der Waals surface area contributed by atoms with Gasteiger partial charge in [-0.15, -0.1) is 0 Å². The van der Waals surface area contributed by atoms with E-state index in [9.17, 15) is 0 Å². The summed E-state index contributed by atoms with van der Waals surface area (Å²) < 4.78 is 4.54. The number of hydrogen-bond acceptors (Lipinski definition) is 4. The first-order valence-electron chi connectivity index (χ1n) is 16.0. The molecule has 0 spiro atoms. The van der Waals surface area contributed by atoms with Crippen molar-refractivity contribution in [1.29, 1.82) is 0 Å². The molecule has 4 aromatic heterocycles. The summed E-state index contributed by atoms with van der Waals surface area (Å²) in [6, 6.07) is 52.6. The van der Waals surface area contributed by atoms with Crippen molar-refractivity contribution in [2.75, 3.05) is 0 Å². The molecule has 0 amide bonds. The summed E-state index contributed by atoms with van der Waals surface area (Å²) >= 11 is 0. The molecule has 48 heavy (non-hydrogen) atoms. The molecular weight excluding hydrogens is 589 g/mol. The molecule has 0 fully saturated rings. The van der Waals surface area contributed by atoms with Crippen molar-refractivity contribution in [3.8, 4) is 34.2 Å². The second-order valence-corrected chi connectivity index (χ2v) is 12.0. The van der Waals surface area contributed by atoms with Gasteiger partial charge in [-0.2, -0.15) is 4.98 Å². The van der Waals surface area contributed by atoms with Crippen LogP contribution in [-0.2, 0) is 0 Å². The molecule has 6 heteroatoms. The quantitative estimate of drug-likeness (QED) is 0.198. The maximum Gasteiger partial charge on any atom is 0.237 e. The molecule has 0 saturated carbocycles. The normalized spacial score (nSPS) is 11.8. The van der Waals surface area contributed by atoms with Crippen molar-refractivity contribution in [3.63, 3.8) is 0 Å². The Hall–Kier alpha value is -6.66. The van der Waals surface area contributed by atoms with Crippen LogP contribution < -0.4 is 0 Å². The second-order valence-electron chi connectivity index (χ2n) is 12.0. The van der Waals surface area contributed by atoms with Gasteiger partial charge in [0.05, 0.1) is 34.0 Å². The van der Waals surface area contributed by atoms with E-state index in [0.717, 1.165) is 55.5 Å². The van der Waals surface area contributed by atoms with Crippen LogP contribution in [0.3, 0.4) is 0 Å². The number of nitrogens with zero attached hydrogens (tertiary/aromatic N) is 6. The Morgan fingerprint density at radius 3 is 1.62 bits per heavy atom. The zero-order valence-electron chi connectivity index (χ0n) is 25.7. The van der Waals surface area contributed by atoms with Gasteiger partial charge in [-0.1, -0.05) is 115 Å². The van der Waals surface area contributed by atoms with E-state index in [4.69, 9.17) is 19.9 Å². The van der Waals surface area contributed by atoms with Gasteiger partial charge in [-0.3, -0.25) is 4.57 Å². The Labute approximate surface area is 275 Å². The molecular formula is C42H26N6. The average Bonchev–Trinajstić information content (AvgIpc) is 3.66. The second kappa shape index (κ2) is 10.4. The van der Waals surface area contributed by atoms with Crippen molar-refractivity contribution in [2.45, 2.75) is 0 Å². The third-order valence-electron chi connectivity index (χ3n) is 9.19. The van der Waals surface area contributed by atoms with E-state index in [2.05, 4.69) is 112 Å². The number of para-hydroxylation sites is 3. The number of hydrogen-bond donors (Lipinski definition) is 0. The summed E-state index contributed by atoms with van der Waals surface area (Å²) in [5.74, 6) is 0.554. The van der Waals surface area contributed by atoms with Crippen LogP contribution >= 0.6 is 0 Å². The molecule has 10 aromatic rings. The van der Waals surface area contributed by atoms with E-state index >= 15 is 0 Å². The summed E-state index contributed by atoms with van der Waals surface area (Å²) in [6.07, 6.45) is 1.81. The van der Waals surface area contributed by atoms with Crippen molar-refractivity contribution in [2.24, 2.45) is 0 Å². The Morgan fingerprint density at radius 2 is 0.958 bits per heavy atom. The Balaban J connectivity index is 1.32. The first kappa shape index (κ1) is 26.5. The lowest BCUT2D eigenvalue weighted by Gasteiger charge is -2.12. The van der Waals surface area contributed by atoms with E-state index in [0.29, 0.717) is 17.1 Å². The molecule has 6 aromatic carbocycles. The Kier molecular flexibility index (Phi) is 5.77. The molecule has 6 nitrogen and oxygen atoms in total. The Morgan fingerprint density at radius 1 is 0.417 bits per heavy atom. The van der Waals surface area contributed by atoms with Gasteiger partial charge in [-0.25, -0.2) is 15.0 Å². The maximum atomic E-state index is 5.26. The molecule has 0 atom stereocenters. The number of fused-ring (bicyclic) bond motifs is 7. The summed E-state index contributed by atoms with van der Waals surface area (Å²) in [6.45, 7) is 0. The topological polar surface area (TPSA) is 61.4 Å². The molecule has 0 aliphatic carbocycles. The SMILES string of the molecule is c1ccc(-c2cnc3c(-c4ccccc4)nc(-n4c5ccccc5c5cc6c(cc54)c4ccccc4n6-c4ccccc4)nc3n2)cc1. The highest BCUT2D eigenvalue weighted by molar-refractivity contribution is 6.19. The molecule has 0 aliphatic heterocycles. The fourth-order valence-electron chi connectivity index (χ4n) is 7.04. The third kappa shape index (κ3) is 3.99. The summed E-state index contributed by atoms with van der Waals surface area (Å²) in [7, 11) is 0. The minimum Gasteiger partial charge on any atom is -0.309 e. The first-order chi connectivity index (χ1) is 23.8. The van der Waals surface area contributed by atoms with Crippen LogP contribution in [0.5, 0.6) is 0 Å². The van der Waals surface area contributed by atoms with Gasteiger partial charge < -0.3 is 4.57 Å². The molecule has 0 aliphatic rings. The summed E-state index contributed by atoms with van der Waals surface area (Å²) in [5, 5.41) is 4.62. The number of rotatable bonds is 4. The summed E-state index contributed by atoms with van der Waals surface area (Å²) in [4.78, 5) is 20.4. The highest BCUT2D eigenvalue weighted by Crippen LogP contribution is 2.39. The van der Waals surface area contributed by atoms with E-state index in [1.807, 2.05) is 54.7 Å². The molecule has 0 N–H and O–H groups in total. The van der Waals surface area contributed by atoms with Gasteiger partial charge in [0.25, 0.3) is 0 Å². The molecule has 0 bridgehead atoms. The van der Waals surface area contributed by atoms with Crippen LogP contribution in [0, 0.1) is 0 Å². The van der Waals surface area contributed by atoms with Crippen molar-refractivity contribution in [1.82, 2.24) is 29.1 Å². The van der Waals surface area contributed by atoms with Crippen molar-refractivity contribution < 1.29 is 0 Å². The molecule has 224 valence electrons. The number of benzene rings is 6. The predicted octanol–water partition coefficient (Wildman–Crippen LogP) is 9.95. The Bertz CT molecular complexity index is 2820. The van der Waals surface area contributed by atoms with Crippen molar-refractivity contribution in [3.05, 3.63) is 158 Å². The summed E-state index contributed by atoms with van der Waals surface area (Å²) in [5.41, 5.74) is 10.2. The lowest BCUT2D eigenvalue weighted by atomic mass is 10.1. The van der Waals surface area contributed by atoms with Crippen LogP contribution in [0.4, 0.5) is 0 Å². The minimum atomic E-state index is 0.549. The van der Waals surface area contributed by atoms with Crippen LogP contribution in [0.25, 0.3) is 88.9 Å². The van der Waals surface area contributed by atoms with Crippen LogP contribution in [-0.4, -0.2) is 29.1 Å². The van der Waals surface area contributed by atoms with E-state index in [-0.39, 0.29) is 0 Å².